The van der Waals surface area contributed by atoms with E-state index in [0.29, 0.717) is 0 Å². The Hall–Kier alpha value is -1.06. The van der Waals surface area contributed by atoms with Crippen LogP contribution in [0.3, 0.4) is 0 Å². The highest BCUT2D eigenvalue weighted by atomic mass is 16.6. The number of hydrogen-bond donors (Lipinski definition) is 0. The topological polar surface area (TPSA) is 47.9 Å². The summed E-state index contributed by atoms with van der Waals surface area (Å²) in [6.07, 6.45) is 5.00. The summed E-state index contributed by atoms with van der Waals surface area (Å²) in [5.41, 5.74) is -0.584. The van der Waals surface area contributed by atoms with Gasteiger partial charge in [0, 0.05) is 12.8 Å². The van der Waals surface area contributed by atoms with Gasteiger partial charge in [0.05, 0.1) is 6.10 Å². The van der Waals surface area contributed by atoms with Gasteiger partial charge in [-0.05, 0) is 26.7 Å². The van der Waals surface area contributed by atoms with E-state index in [4.69, 9.17) is 9.47 Å². The molecule has 1 fully saturated rings. The van der Waals surface area contributed by atoms with Crippen molar-refractivity contribution in [2.45, 2.75) is 57.8 Å². The minimum Gasteiger partial charge on any atom is -0.470 e. The van der Waals surface area contributed by atoms with Crippen molar-refractivity contribution in [1.29, 1.82) is 0 Å². The Morgan fingerprint density at radius 2 is 2.00 bits per heavy atom. The molecule has 1 aliphatic heterocycles. The molecule has 15 heavy (non-hydrogen) atoms. The normalized spacial score (nSPS) is 24.2. The third-order valence-corrected chi connectivity index (χ3v) is 2.74. The molecule has 0 aromatic heterocycles. The number of aliphatic imine (C=N–C) groups is 1. The average Bonchev–Trinajstić information content (AvgIpc) is 2.43. The molecule has 0 aromatic carbocycles. The second-order valence-electron chi connectivity index (χ2n) is 4.48. The third-order valence-electron chi connectivity index (χ3n) is 2.74. The summed E-state index contributed by atoms with van der Waals surface area (Å²) >= 11 is 0. The molecule has 84 valence electrons. The SMILES string of the molecule is CC(C)OC1=NC2(CCCCC2)OC1=O. The van der Waals surface area contributed by atoms with Crippen molar-refractivity contribution in [3.05, 3.63) is 0 Å². The highest BCUT2D eigenvalue weighted by Crippen LogP contribution is 2.36. The fraction of sp³-hybridized carbons (Fsp3) is 0.818. The van der Waals surface area contributed by atoms with E-state index in [-0.39, 0.29) is 12.0 Å². The molecule has 0 bridgehead atoms. The molecule has 1 saturated carbocycles. The molecule has 4 heteroatoms. The van der Waals surface area contributed by atoms with Gasteiger partial charge in [-0.1, -0.05) is 6.42 Å². The first-order valence-corrected chi connectivity index (χ1v) is 5.61. The highest BCUT2D eigenvalue weighted by Gasteiger charge is 2.44. The average molecular weight is 211 g/mol. The molecule has 0 unspecified atom stereocenters. The third kappa shape index (κ3) is 2.13. The maximum absolute atomic E-state index is 11.5. The van der Waals surface area contributed by atoms with Crippen molar-refractivity contribution < 1.29 is 14.3 Å². The van der Waals surface area contributed by atoms with Gasteiger partial charge in [-0.15, -0.1) is 0 Å². The molecule has 0 aromatic rings. The van der Waals surface area contributed by atoms with E-state index in [2.05, 4.69) is 4.99 Å². The van der Waals surface area contributed by atoms with E-state index >= 15 is 0 Å². The van der Waals surface area contributed by atoms with Crippen LogP contribution in [0.2, 0.25) is 0 Å². The summed E-state index contributed by atoms with van der Waals surface area (Å²) in [6, 6.07) is 0. The fourth-order valence-electron chi connectivity index (χ4n) is 2.09. The van der Waals surface area contributed by atoms with Crippen LogP contribution in [0.5, 0.6) is 0 Å². The summed E-state index contributed by atoms with van der Waals surface area (Å²) in [5, 5.41) is 0. The summed E-state index contributed by atoms with van der Waals surface area (Å²) in [4.78, 5) is 15.8. The van der Waals surface area contributed by atoms with Gasteiger partial charge < -0.3 is 9.47 Å². The van der Waals surface area contributed by atoms with Crippen LogP contribution in [-0.4, -0.2) is 23.7 Å². The van der Waals surface area contributed by atoms with Gasteiger partial charge in [0.25, 0.3) is 0 Å². The Kier molecular flexibility index (Phi) is 2.67. The van der Waals surface area contributed by atoms with E-state index in [1.54, 1.807) is 0 Å². The van der Waals surface area contributed by atoms with Crippen LogP contribution in [0.4, 0.5) is 0 Å². The molecule has 1 heterocycles. The van der Waals surface area contributed by atoms with E-state index < -0.39 is 11.7 Å². The minimum absolute atomic E-state index is 0.0324. The van der Waals surface area contributed by atoms with E-state index in [0.717, 1.165) is 25.7 Å². The summed E-state index contributed by atoms with van der Waals surface area (Å²) < 4.78 is 10.7. The smallest absolute Gasteiger partial charge is 0.396 e. The maximum atomic E-state index is 11.5. The zero-order valence-electron chi connectivity index (χ0n) is 9.28. The number of carbonyl (C=O) groups is 1. The van der Waals surface area contributed by atoms with E-state index in [1.165, 1.54) is 6.42 Å². The first kappa shape index (κ1) is 10.5. The van der Waals surface area contributed by atoms with Crippen molar-refractivity contribution in [1.82, 2.24) is 0 Å². The lowest BCUT2D eigenvalue weighted by atomic mass is 9.92. The standard InChI is InChI=1S/C11H17NO3/c1-8(2)14-9-10(13)15-11(12-9)6-4-3-5-7-11/h8H,3-7H2,1-2H3. The lowest BCUT2D eigenvalue weighted by Crippen LogP contribution is -2.30. The Balaban J connectivity index is 2.11. The Bertz CT molecular complexity index is 290. The Morgan fingerprint density at radius 3 is 2.60 bits per heavy atom. The lowest BCUT2D eigenvalue weighted by molar-refractivity contribution is -0.150. The molecule has 1 spiro atoms. The number of hydrogen-bond acceptors (Lipinski definition) is 4. The fourth-order valence-corrected chi connectivity index (χ4v) is 2.09. The van der Waals surface area contributed by atoms with Gasteiger partial charge in [-0.2, -0.15) is 4.99 Å². The minimum atomic E-state index is -0.584. The monoisotopic (exact) mass is 211 g/mol. The number of nitrogens with zero attached hydrogens (tertiary/aromatic N) is 1. The van der Waals surface area contributed by atoms with Gasteiger partial charge >= 0.3 is 11.9 Å². The Morgan fingerprint density at radius 1 is 1.33 bits per heavy atom. The first-order valence-electron chi connectivity index (χ1n) is 5.61. The van der Waals surface area contributed by atoms with E-state index in [1.807, 2.05) is 13.8 Å². The summed E-state index contributed by atoms with van der Waals surface area (Å²) in [6.45, 7) is 3.75. The number of ether oxygens (including phenoxy) is 2. The quantitative estimate of drug-likeness (QED) is 0.623. The second kappa shape index (κ2) is 3.83. The molecule has 0 amide bonds. The van der Waals surface area contributed by atoms with Crippen LogP contribution >= 0.6 is 0 Å². The van der Waals surface area contributed by atoms with Crippen molar-refractivity contribution in [2.75, 3.05) is 0 Å². The molecule has 4 nitrogen and oxygen atoms in total. The van der Waals surface area contributed by atoms with Gasteiger partial charge in [0.15, 0.2) is 0 Å². The molecular formula is C11H17NO3. The largest absolute Gasteiger partial charge is 0.470 e. The maximum Gasteiger partial charge on any atom is 0.396 e. The van der Waals surface area contributed by atoms with Gasteiger partial charge in [0.1, 0.15) is 0 Å². The molecular weight excluding hydrogens is 194 g/mol. The second-order valence-corrected chi connectivity index (χ2v) is 4.48. The van der Waals surface area contributed by atoms with Crippen LogP contribution in [-0.2, 0) is 14.3 Å². The number of esters is 1. The van der Waals surface area contributed by atoms with Crippen LogP contribution in [0, 0.1) is 0 Å². The van der Waals surface area contributed by atoms with Crippen LogP contribution in [0.25, 0.3) is 0 Å². The van der Waals surface area contributed by atoms with Crippen LogP contribution < -0.4 is 0 Å². The zero-order chi connectivity index (χ0) is 10.9. The van der Waals surface area contributed by atoms with Crippen molar-refractivity contribution in [2.24, 2.45) is 4.99 Å². The number of carbonyl (C=O) groups excluding carboxylic acids is 1. The molecule has 2 aliphatic rings. The predicted octanol–water partition coefficient (Wildman–Crippen LogP) is 2.03. The molecule has 0 N–H and O–H groups in total. The van der Waals surface area contributed by atoms with Gasteiger partial charge in [-0.3, -0.25) is 0 Å². The highest BCUT2D eigenvalue weighted by molar-refractivity contribution is 6.34. The van der Waals surface area contributed by atoms with Crippen LogP contribution in [0.15, 0.2) is 4.99 Å². The Labute approximate surface area is 89.7 Å². The zero-order valence-corrected chi connectivity index (χ0v) is 9.28. The summed E-state index contributed by atoms with van der Waals surface area (Å²) in [7, 11) is 0. The first-order chi connectivity index (χ1) is 7.11. The lowest BCUT2D eigenvalue weighted by Gasteiger charge is -2.28. The van der Waals surface area contributed by atoms with E-state index in [9.17, 15) is 4.79 Å². The van der Waals surface area contributed by atoms with Gasteiger partial charge in [-0.25, -0.2) is 4.79 Å². The van der Waals surface area contributed by atoms with Crippen molar-refractivity contribution in [3.8, 4) is 0 Å². The van der Waals surface area contributed by atoms with Gasteiger partial charge in [0.2, 0.25) is 5.72 Å². The molecule has 2 rings (SSSR count). The molecule has 1 aliphatic carbocycles. The van der Waals surface area contributed by atoms with Crippen LogP contribution in [0.1, 0.15) is 46.0 Å². The molecule has 0 radical (unpaired) electrons. The molecule has 0 atom stereocenters. The predicted molar refractivity (Wildman–Crippen MR) is 55.6 cm³/mol. The van der Waals surface area contributed by atoms with Crippen molar-refractivity contribution in [3.63, 3.8) is 0 Å². The molecule has 0 saturated heterocycles. The van der Waals surface area contributed by atoms with Crippen molar-refractivity contribution >= 4 is 11.9 Å². The summed E-state index contributed by atoms with van der Waals surface area (Å²) in [5.74, 6) is -0.238. The number of rotatable bonds is 1.